The smallest absolute Gasteiger partial charge is 0.343 e. The highest BCUT2D eigenvalue weighted by Crippen LogP contribution is 2.25. The number of nitrogens with zero attached hydrogens (tertiary/aromatic N) is 2. The molecule has 0 spiro atoms. The standard InChI is InChI=1S/C22H28N2O3/c1-3-4-5-6-7-8-9-20-23-14-18(15-24-20)17-10-12-19(13-11-17)27-22(25)21-16(2)26-21/h10-16,21H,3-9H2,1-2H3/t16-,21+/m0/s1. The minimum Gasteiger partial charge on any atom is -0.425 e. The Morgan fingerprint density at radius 2 is 1.63 bits per heavy atom. The molecule has 2 atom stereocenters. The molecule has 5 heteroatoms. The molecule has 0 saturated carbocycles. The van der Waals surface area contributed by atoms with E-state index in [2.05, 4.69) is 16.9 Å². The van der Waals surface area contributed by atoms with Crippen molar-refractivity contribution in [2.24, 2.45) is 0 Å². The number of unbranched alkanes of at least 4 members (excludes halogenated alkanes) is 5. The van der Waals surface area contributed by atoms with Crippen LogP contribution in [0, 0.1) is 0 Å². The zero-order valence-corrected chi connectivity index (χ0v) is 16.2. The van der Waals surface area contributed by atoms with Crippen LogP contribution in [0.15, 0.2) is 36.7 Å². The molecule has 1 aliphatic heterocycles. The number of ether oxygens (including phenoxy) is 2. The van der Waals surface area contributed by atoms with E-state index in [9.17, 15) is 4.79 Å². The zero-order chi connectivity index (χ0) is 19.1. The monoisotopic (exact) mass is 368 g/mol. The van der Waals surface area contributed by atoms with Gasteiger partial charge in [0, 0.05) is 24.4 Å². The predicted molar refractivity (Wildman–Crippen MR) is 105 cm³/mol. The maximum absolute atomic E-state index is 11.8. The first-order valence-electron chi connectivity index (χ1n) is 9.96. The third-order valence-electron chi connectivity index (χ3n) is 4.81. The minimum absolute atomic E-state index is 0.0382. The SMILES string of the molecule is CCCCCCCCc1ncc(-c2ccc(OC(=O)[C@@H]3O[C@H]3C)cc2)cn1. The predicted octanol–water partition coefficient (Wildman–Crippen LogP) is 4.74. The Labute approximate surface area is 161 Å². The van der Waals surface area contributed by atoms with Crippen molar-refractivity contribution < 1.29 is 14.3 Å². The molecule has 3 rings (SSSR count). The van der Waals surface area contributed by atoms with Crippen LogP contribution in [0.5, 0.6) is 5.75 Å². The van der Waals surface area contributed by atoms with E-state index in [0.717, 1.165) is 29.8 Å². The molecule has 1 saturated heterocycles. The lowest BCUT2D eigenvalue weighted by Crippen LogP contribution is -2.16. The summed E-state index contributed by atoms with van der Waals surface area (Å²) in [6.07, 6.45) is 11.8. The summed E-state index contributed by atoms with van der Waals surface area (Å²) in [4.78, 5) is 20.7. The van der Waals surface area contributed by atoms with Gasteiger partial charge in [0.1, 0.15) is 11.6 Å². The van der Waals surface area contributed by atoms with E-state index in [4.69, 9.17) is 9.47 Å². The van der Waals surface area contributed by atoms with Crippen LogP contribution >= 0.6 is 0 Å². The van der Waals surface area contributed by atoms with Crippen molar-refractivity contribution in [2.75, 3.05) is 0 Å². The first kappa shape index (κ1) is 19.5. The minimum atomic E-state index is -0.419. The van der Waals surface area contributed by atoms with Gasteiger partial charge in [-0.1, -0.05) is 51.2 Å². The third-order valence-corrected chi connectivity index (χ3v) is 4.81. The van der Waals surface area contributed by atoms with E-state index in [1.807, 2.05) is 31.5 Å². The Balaban J connectivity index is 1.47. The lowest BCUT2D eigenvalue weighted by atomic mass is 10.1. The fraction of sp³-hybridized carbons (Fsp3) is 0.500. The van der Waals surface area contributed by atoms with Crippen LogP contribution in [0.2, 0.25) is 0 Å². The van der Waals surface area contributed by atoms with Crippen LogP contribution in [0.4, 0.5) is 0 Å². The Morgan fingerprint density at radius 1 is 1.00 bits per heavy atom. The van der Waals surface area contributed by atoms with Crippen molar-refractivity contribution in [1.29, 1.82) is 0 Å². The van der Waals surface area contributed by atoms with E-state index >= 15 is 0 Å². The van der Waals surface area contributed by atoms with Gasteiger partial charge in [-0.3, -0.25) is 0 Å². The van der Waals surface area contributed by atoms with Gasteiger partial charge in [0.15, 0.2) is 6.10 Å². The van der Waals surface area contributed by atoms with E-state index in [-0.39, 0.29) is 12.1 Å². The summed E-state index contributed by atoms with van der Waals surface area (Å²) in [6, 6.07) is 7.38. The molecule has 1 aliphatic rings. The molecule has 2 heterocycles. The number of carbonyl (C=O) groups excluding carboxylic acids is 1. The molecule has 0 radical (unpaired) electrons. The number of rotatable bonds is 10. The highest BCUT2D eigenvalue weighted by molar-refractivity contribution is 5.80. The molecule has 1 aromatic carbocycles. The van der Waals surface area contributed by atoms with E-state index < -0.39 is 6.10 Å². The summed E-state index contributed by atoms with van der Waals surface area (Å²) in [5, 5.41) is 0. The fourth-order valence-corrected chi connectivity index (χ4v) is 3.02. The highest BCUT2D eigenvalue weighted by Gasteiger charge is 2.42. The first-order chi connectivity index (χ1) is 13.2. The second kappa shape index (κ2) is 9.60. The number of hydrogen-bond acceptors (Lipinski definition) is 5. The van der Waals surface area contributed by atoms with E-state index in [1.165, 1.54) is 32.1 Å². The van der Waals surface area contributed by atoms with Crippen molar-refractivity contribution in [2.45, 2.75) is 71.0 Å². The third kappa shape index (κ3) is 5.86. The maximum Gasteiger partial charge on any atom is 0.343 e. The van der Waals surface area contributed by atoms with Crippen molar-refractivity contribution in [3.05, 3.63) is 42.5 Å². The lowest BCUT2D eigenvalue weighted by Gasteiger charge is -2.06. The van der Waals surface area contributed by atoms with Gasteiger partial charge in [-0.2, -0.15) is 0 Å². The summed E-state index contributed by atoms with van der Waals surface area (Å²) in [7, 11) is 0. The van der Waals surface area contributed by atoms with Crippen LogP contribution in [0.3, 0.4) is 0 Å². The molecule has 1 fully saturated rings. The number of epoxide rings is 1. The van der Waals surface area contributed by atoms with E-state index in [0.29, 0.717) is 5.75 Å². The molecule has 2 aromatic rings. The highest BCUT2D eigenvalue weighted by atomic mass is 16.6. The van der Waals surface area contributed by atoms with Crippen molar-refractivity contribution in [3.8, 4) is 16.9 Å². The molecule has 0 bridgehead atoms. The van der Waals surface area contributed by atoms with Crippen LogP contribution in [-0.4, -0.2) is 28.1 Å². The Hall–Kier alpha value is -2.27. The summed E-state index contributed by atoms with van der Waals surface area (Å²) in [5.41, 5.74) is 1.95. The summed E-state index contributed by atoms with van der Waals surface area (Å²) < 4.78 is 10.4. The van der Waals surface area contributed by atoms with Crippen molar-refractivity contribution in [1.82, 2.24) is 9.97 Å². The largest absolute Gasteiger partial charge is 0.425 e. The zero-order valence-electron chi connectivity index (χ0n) is 16.2. The van der Waals surface area contributed by atoms with E-state index in [1.54, 1.807) is 12.1 Å². The molecule has 5 nitrogen and oxygen atoms in total. The molecular weight excluding hydrogens is 340 g/mol. The van der Waals surface area contributed by atoms with Crippen LogP contribution in [0.25, 0.3) is 11.1 Å². The second-order valence-electron chi connectivity index (χ2n) is 7.11. The summed E-state index contributed by atoms with van der Waals surface area (Å²) in [6.45, 7) is 4.09. The summed E-state index contributed by atoms with van der Waals surface area (Å²) >= 11 is 0. The molecule has 27 heavy (non-hydrogen) atoms. The van der Waals surface area contributed by atoms with Gasteiger partial charge in [0.05, 0.1) is 6.10 Å². The number of esters is 1. The Kier molecular flexibility index (Phi) is 6.93. The average molecular weight is 368 g/mol. The van der Waals surface area contributed by atoms with Gasteiger partial charge in [-0.15, -0.1) is 0 Å². The number of carbonyl (C=O) groups is 1. The number of aryl methyl sites for hydroxylation is 1. The number of aromatic nitrogens is 2. The van der Waals surface area contributed by atoms with Gasteiger partial charge >= 0.3 is 5.97 Å². The van der Waals surface area contributed by atoms with Gasteiger partial charge in [0.2, 0.25) is 0 Å². The van der Waals surface area contributed by atoms with Crippen molar-refractivity contribution in [3.63, 3.8) is 0 Å². The van der Waals surface area contributed by atoms with Crippen LogP contribution in [-0.2, 0) is 16.0 Å². The van der Waals surface area contributed by atoms with Gasteiger partial charge in [-0.05, 0) is 31.0 Å². The first-order valence-corrected chi connectivity index (χ1v) is 9.96. The molecule has 0 unspecified atom stereocenters. The van der Waals surface area contributed by atoms with Gasteiger partial charge < -0.3 is 9.47 Å². The Morgan fingerprint density at radius 3 is 2.26 bits per heavy atom. The quantitative estimate of drug-likeness (QED) is 0.262. The number of benzene rings is 1. The molecule has 144 valence electrons. The van der Waals surface area contributed by atoms with Gasteiger partial charge in [0.25, 0.3) is 0 Å². The fourth-order valence-electron chi connectivity index (χ4n) is 3.02. The maximum atomic E-state index is 11.8. The van der Waals surface area contributed by atoms with Gasteiger partial charge in [-0.25, -0.2) is 14.8 Å². The topological polar surface area (TPSA) is 64.6 Å². The summed E-state index contributed by atoms with van der Waals surface area (Å²) in [5.74, 6) is 1.09. The average Bonchev–Trinajstić information content (AvgIpc) is 3.43. The Bertz CT molecular complexity index is 728. The second-order valence-corrected chi connectivity index (χ2v) is 7.11. The normalized spacial score (nSPS) is 18.3. The molecule has 0 amide bonds. The lowest BCUT2D eigenvalue weighted by molar-refractivity contribution is -0.135. The molecular formula is C22H28N2O3. The molecule has 0 N–H and O–H groups in total. The van der Waals surface area contributed by atoms with Crippen molar-refractivity contribution >= 4 is 5.97 Å². The number of hydrogen-bond donors (Lipinski definition) is 0. The molecule has 1 aromatic heterocycles. The van der Waals surface area contributed by atoms with Crippen LogP contribution in [0.1, 0.15) is 58.2 Å². The van der Waals surface area contributed by atoms with Crippen LogP contribution < -0.4 is 4.74 Å². The molecule has 0 aliphatic carbocycles.